The normalized spacial score (nSPS) is 11.3. The lowest BCUT2D eigenvalue weighted by Gasteiger charge is -2.14. The standard InChI is InChI=1S/C18H18ClN7/c1-10-3-2-4-12(19)15(10)24-17-13-8-22-9-26(13)18-16(25-17)11(5-6-20)7-14(21)23-18/h2-4,7-9H,5-6,20H2,1H3,(H2,21,23)(H,24,25). The van der Waals surface area contributed by atoms with E-state index in [-0.39, 0.29) is 0 Å². The van der Waals surface area contributed by atoms with Crippen molar-refractivity contribution < 1.29 is 0 Å². The number of nitrogens with zero attached hydrogens (tertiary/aromatic N) is 4. The average Bonchev–Trinajstić information content (AvgIpc) is 3.09. The van der Waals surface area contributed by atoms with Gasteiger partial charge < -0.3 is 16.8 Å². The molecule has 0 atom stereocenters. The molecule has 0 spiro atoms. The molecule has 4 rings (SSSR count). The van der Waals surface area contributed by atoms with Crippen molar-refractivity contribution in [2.75, 3.05) is 17.6 Å². The lowest BCUT2D eigenvalue weighted by atomic mass is 10.1. The van der Waals surface area contributed by atoms with Gasteiger partial charge in [-0.05, 0) is 43.1 Å². The van der Waals surface area contributed by atoms with Crippen LogP contribution in [0.1, 0.15) is 11.1 Å². The second-order valence-electron chi connectivity index (χ2n) is 6.08. The van der Waals surface area contributed by atoms with E-state index in [0.717, 1.165) is 27.8 Å². The van der Waals surface area contributed by atoms with Gasteiger partial charge in [0.2, 0.25) is 0 Å². The molecule has 0 fully saturated rings. The maximum Gasteiger partial charge on any atom is 0.167 e. The minimum absolute atomic E-state index is 0.431. The van der Waals surface area contributed by atoms with Gasteiger partial charge in [-0.2, -0.15) is 0 Å². The van der Waals surface area contributed by atoms with Gasteiger partial charge in [0.05, 0.1) is 16.9 Å². The van der Waals surface area contributed by atoms with Gasteiger partial charge in [0.25, 0.3) is 0 Å². The van der Waals surface area contributed by atoms with Crippen LogP contribution in [-0.2, 0) is 6.42 Å². The van der Waals surface area contributed by atoms with E-state index in [9.17, 15) is 0 Å². The van der Waals surface area contributed by atoms with E-state index in [1.807, 2.05) is 35.6 Å². The zero-order chi connectivity index (χ0) is 18.3. The number of aryl methyl sites for hydroxylation is 1. The molecule has 8 heteroatoms. The fraction of sp³-hybridized carbons (Fsp3) is 0.167. The Morgan fingerprint density at radius 1 is 1.27 bits per heavy atom. The first-order valence-corrected chi connectivity index (χ1v) is 8.59. The summed E-state index contributed by atoms with van der Waals surface area (Å²) in [5.74, 6) is 1.08. The first kappa shape index (κ1) is 16.6. The molecule has 1 aromatic carbocycles. The summed E-state index contributed by atoms with van der Waals surface area (Å²) in [5, 5.41) is 3.98. The second kappa shape index (κ2) is 6.44. The molecule has 3 heterocycles. The monoisotopic (exact) mass is 367 g/mol. The van der Waals surface area contributed by atoms with Crippen LogP contribution < -0.4 is 16.8 Å². The Morgan fingerprint density at radius 2 is 2.12 bits per heavy atom. The average molecular weight is 368 g/mol. The third-order valence-electron chi connectivity index (χ3n) is 4.29. The molecular formula is C18H18ClN7. The highest BCUT2D eigenvalue weighted by Gasteiger charge is 2.15. The van der Waals surface area contributed by atoms with Gasteiger partial charge in [-0.15, -0.1) is 0 Å². The molecule has 0 saturated heterocycles. The Balaban J connectivity index is 1.98. The molecule has 0 saturated carbocycles. The Kier molecular flexibility index (Phi) is 4.10. The number of halogens is 1. The molecule has 5 N–H and O–H groups in total. The quantitative estimate of drug-likeness (QED) is 0.511. The van der Waals surface area contributed by atoms with E-state index in [4.69, 9.17) is 28.1 Å². The van der Waals surface area contributed by atoms with Crippen LogP contribution in [0.2, 0.25) is 5.02 Å². The number of fused-ring (bicyclic) bond motifs is 3. The summed E-state index contributed by atoms with van der Waals surface area (Å²) in [4.78, 5) is 13.5. The molecule has 4 aromatic rings. The van der Waals surface area contributed by atoms with Gasteiger partial charge in [-0.3, -0.25) is 4.40 Å². The summed E-state index contributed by atoms with van der Waals surface area (Å²) in [6, 6.07) is 7.56. The van der Waals surface area contributed by atoms with Crippen LogP contribution in [0.5, 0.6) is 0 Å². The molecule has 0 aliphatic rings. The molecule has 132 valence electrons. The van der Waals surface area contributed by atoms with Crippen molar-refractivity contribution in [3.63, 3.8) is 0 Å². The number of nitrogens with one attached hydrogen (secondary N) is 1. The number of nitrogens with two attached hydrogens (primary N) is 2. The van der Waals surface area contributed by atoms with E-state index in [1.54, 1.807) is 12.5 Å². The molecule has 3 aromatic heterocycles. The second-order valence-corrected chi connectivity index (χ2v) is 6.49. The minimum Gasteiger partial charge on any atom is -0.384 e. The molecule has 0 unspecified atom stereocenters. The summed E-state index contributed by atoms with van der Waals surface area (Å²) in [7, 11) is 0. The minimum atomic E-state index is 0.431. The number of aromatic nitrogens is 4. The highest BCUT2D eigenvalue weighted by molar-refractivity contribution is 6.33. The molecule has 0 aliphatic carbocycles. The van der Waals surface area contributed by atoms with Crippen molar-refractivity contribution in [3.05, 3.63) is 52.9 Å². The van der Waals surface area contributed by atoms with Crippen LogP contribution in [0.4, 0.5) is 17.3 Å². The maximum absolute atomic E-state index is 6.37. The topological polar surface area (TPSA) is 107 Å². The summed E-state index contributed by atoms with van der Waals surface area (Å²) in [6.07, 6.45) is 4.08. The zero-order valence-electron chi connectivity index (χ0n) is 14.2. The van der Waals surface area contributed by atoms with Crippen LogP contribution in [-0.4, -0.2) is 25.9 Å². The molecule has 0 bridgehead atoms. The Morgan fingerprint density at radius 3 is 2.88 bits per heavy atom. The van der Waals surface area contributed by atoms with Crippen LogP contribution in [0.3, 0.4) is 0 Å². The number of pyridine rings is 1. The Labute approximate surface area is 155 Å². The number of anilines is 3. The number of para-hydroxylation sites is 1. The van der Waals surface area contributed by atoms with Crippen LogP contribution in [0, 0.1) is 6.92 Å². The highest BCUT2D eigenvalue weighted by atomic mass is 35.5. The van der Waals surface area contributed by atoms with Crippen molar-refractivity contribution >= 4 is 45.6 Å². The summed E-state index contributed by atoms with van der Waals surface area (Å²) in [5.41, 5.74) is 16.7. The van der Waals surface area contributed by atoms with E-state index >= 15 is 0 Å². The van der Waals surface area contributed by atoms with Gasteiger partial charge in [-0.1, -0.05) is 23.7 Å². The van der Waals surface area contributed by atoms with E-state index in [2.05, 4.69) is 15.3 Å². The molecule has 0 radical (unpaired) electrons. The SMILES string of the molecule is Cc1cccc(Cl)c1Nc1nc2c(CCN)cc(N)nc2n2cncc12. The third-order valence-corrected chi connectivity index (χ3v) is 4.60. The predicted octanol–water partition coefficient (Wildman–Crippen LogP) is 3.07. The molecule has 7 nitrogen and oxygen atoms in total. The van der Waals surface area contributed by atoms with E-state index in [1.165, 1.54) is 0 Å². The predicted molar refractivity (Wildman–Crippen MR) is 105 cm³/mol. The van der Waals surface area contributed by atoms with Gasteiger partial charge >= 0.3 is 0 Å². The summed E-state index contributed by atoms with van der Waals surface area (Å²) >= 11 is 6.37. The first-order chi connectivity index (χ1) is 12.6. The van der Waals surface area contributed by atoms with Crippen LogP contribution in [0.25, 0.3) is 16.7 Å². The smallest absolute Gasteiger partial charge is 0.167 e. The zero-order valence-corrected chi connectivity index (χ0v) is 15.0. The summed E-state index contributed by atoms with van der Waals surface area (Å²) < 4.78 is 1.87. The van der Waals surface area contributed by atoms with Crippen molar-refractivity contribution in [2.24, 2.45) is 5.73 Å². The number of benzene rings is 1. The van der Waals surface area contributed by atoms with E-state index < -0.39 is 0 Å². The van der Waals surface area contributed by atoms with Crippen molar-refractivity contribution in [1.29, 1.82) is 0 Å². The number of rotatable bonds is 4. The van der Waals surface area contributed by atoms with Gasteiger partial charge in [0, 0.05) is 0 Å². The molecule has 0 aliphatic heterocycles. The number of imidazole rings is 1. The van der Waals surface area contributed by atoms with Crippen LogP contribution >= 0.6 is 11.6 Å². The lowest BCUT2D eigenvalue weighted by Crippen LogP contribution is -2.08. The van der Waals surface area contributed by atoms with Gasteiger partial charge in [-0.25, -0.2) is 15.0 Å². The van der Waals surface area contributed by atoms with Crippen molar-refractivity contribution in [3.8, 4) is 0 Å². The van der Waals surface area contributed by atoms with Crippen LogP contribution in [0.15, 0.2) is 36.8 Å². The first-order valence-electron chi connectivity index (χ1n) is 8.22. The van der Waals surface area contributed by atoms with Gasteiger partial charge in [0.1, 0.15) is 23.2 Å². The number of hydrogen-bond donors (Lipinski definition) is 3. The number of nitrogen functional groups attached to an aromatic ring is 1. The maximum atomic E-state index is 6.37. The lowest BCUT2D eigenvalue weighted by molar-refractivity contribution is 0.968. The number of hydrogen-bond acceptors (Lipinski definition) is 6. The fourth-order valence-corrected chi connectivity index (χ4v) is 3.31. The van der Waals surface area contributed by atoms with E-state index in [0.29, 0.717) is 35.3 Å². The largest absolute Gasteiger partial charge is 0.384 e. The van der Waals surface area contributed by atoms with Crippen molar-refractivity contribution in [1.82, 2.24) is 19.4 Å². The highest BCUT2D eigenvalue weighted by Crippen LogP contribution is 2.31. The Bertz CT molecular complexity index is 1100. The summed E-state index contributed by atoms with van der Waals surface area (Å²) in [6.45, 7) is 2.49. The molecule has 0 amide bonds. The van der Waals surface area contributed by atoms with Gasteiger partial charge in [0.15, 0.2) is 11.5 Å². The molecule has 26 heavy (non-hydrogen) atoms. The fourth-order valence-electron chi connectivity index (χ4n) is 3.04. The van der Waals surface area contributed by atoms with Crippen molar-refractivity contribution in [2.45, 2.75) is 13.3 Å². The Hall–Kier alpha value is -2.90. The molecular weight excluding hydrogens is 350 g/mol. The third kappa shape index (κ3) is 2.71.